The number of nitrogens with zero attached hydrogens (tertiary/aromatic N) is 2. The Kier molecular flexibility index (Phi) is 10.8. The van der Waals surface area contributed by atoms with E-state index in [9.17, 15) is 18.0 Å². The number of sulfonamides is 1. The fourth-order valence-electron chi connectivity index (χ4n) is 4.02. The number of aryl methyl sites for hydroxylation is 1. The monoisotopic (exact) mass is 589 g/mol. The number of benzene rings is 3. The van der Waals surface area contributed by atoms with Gasteiger partial charge in [-0.25, -0.2) is 8.42 Å². The topological polar surface area (TPSA) is 86.8 Å². The molecule has 0 aromatic heterocycles. The minimum absolute atomic E-state index is 0.0153. The number of anilines is 1. The first kappa shape index (κ1) is 30.5. The van der Waals surface area contributed by atoms with E-state index in [2.05, 4.69) is 5.32 Å². The minimum atomic E-state index is -4.19. The molecule has 0 saturated carbocycles. The minimum Gasteiger partial charge on any atom is -0.354 e. The highest BCUT2D eigenvalue weighted by Gasteiger charge is 2.32. The Bertz CT molecular complexity index is 1360. The van der Waals surface area contributed by atoms with Crippen LogP contribution >= 0.6 is 23.2 Å². The maximum absolute atomic E-state index is 13.8. The standard InChI is InChI=1S/C29H33Cl2N3O4S/c1-4-15-32-29(36)22(3)33(16-14-23-8-6-5-7-9-23)28(35)20-34(26-18-24(30)17-25(31)19-26)39(37,38)27-12-10-21(2)11-13-27/h5-13,17-19,22H,4,14-16,20H2,1-3H3,(H,32,36). The SMILES string of the molecule is CCCNC(=O)C(C)N(CCc1ccccc1)C(=O)CN(c1cc(Cl)cc(Cl)c1)S(=O)(=O)c1ccc(C)cc1. The van der Waals surface area contributed by atoms with Gasteiger partial charge in [0.2, 0.25) is 11.8 Å². The second-order valence-electron chi connectivity index (χ2n) is 9.24. The second kappa shape index (κ2) is 13.8. The lowest BCUT2D eigenvalue weighted by Crippen LogP contribution is -2.52. The molecule has 0 bridgehead atoms. The first-order valence-corrected chi connectivity index (χ1v) is 14.9. The molecule has 0 aliphatic carbocycles. The van der Waals surface area contributed by atoms with E-state index in [1.54, 1.807) is 19.1 Å². The van der Waals surface area contributed by atoms with Crippen molar-refractivity contribution >= 4 is 50.7 Å². The summed E-state index contributed by atoms with van der Waals surface area (Å²) in [5.41, 5.74) is 2.02. The summed E-state index contributed by atoms with van der Waals surface area (Å²) in [6.45, 7) is 5.57. The summed E-state index contributed by atoms with van der Waals surface area (Å²) in [6.07, 6.45) is 1.24. The van der Waals surface area contributed by atoms with Crippen molar-refractivity contribution in [2.45, 2.75) is 44.6 Å². The molecule has 0 aliphatic heterocycles. The van der Waals surface area contributed by atoms with Crippen LogP contribution in [0.2, 0.25) is 10.0 Å². The molecular formula is C29H33Cl2N3O4S. The summed E-state index contributed by atoms with van der Waals surface area (Å²) < 4.78 is 28.7. The Morgan fingerprint density at radius 1 is 0.949 bits per heavy atom. The van der Waals surface area contributed by atoms with Gasteiger partial charge in [0.05, 0.1) is 10.6 Å². The lowest BCUT2D eigenvalue weighted by molar-refractivity contribution is -0.138. The van der Waals surface area contributed by atoms with Crippen LogP contribution in [0.4, 0.5) is 5.69 Å². The molecule has 1 unspecified atom stereocenters. The zero-order valence-electron chi connectivity index (χ0n) is 22.2. The number of carbonyl (C=O) groups excluding carboxylic acids is 2. The predicted octanol–water partition coefficient (Wildman–Crippen LogP) is 5.48. The summed E-state index contributed by atoms with van der Waals surface area (Å²) in [5.74, 6) is -0.839. The molecule has 39 heavy (non-hydrogen) atoms. The molecule has 3 aromatic rings. The Hall–Kier alpha value is -3.07. The molecule has 2 amide bonds. The molecule has 208 valence electrons. The maximum atomic E-state index is 13.8. The first-order chi connectivity index (χ1) is 18.5. The summed E-state index contributed by atoms with van der Waals surface area (Å²) in [5, 5.41) is 3.28. The second-order valence-corrected chi connectivity index (χ2v) is 12.0. The molecule has 0 fully saturated rings. The van der Waals surface area contributed by atoms with Crippen LogP contribution in [0.25, 0.3) is 0 Å². The van der Waals surface area contributed by atoms with E-state index >= 15 is 0 Å². The van der Waals surface area contributed by atoms with E-state index < -0.39 is 28.5 Å². The van der Waals surface area contributed by atoms with Crippen LogP contribution in [0.5, 0.6) is 0 Å². The highest BCUT2D eigenvalue weighted by atomic mass is 35.5. The summed E-state index contributed by atoms with van der Waals surface area (Å²) in [7, 11) is -4.19. The fraction of sp³-hybridized carbons (Fsp3) is 0.310. The van der Waals surface area contributed by atoms with Crippen molar-refractivity contribution in [3.05, 3.63) is 94.0 Å². The zero-order chi connectivity index (χ0) is 28.6. The molecule has 1 atom stereocenters. The van der Waals surface area contributed by atoms with Gasteiger partial charge in [0.15, 0.2) is 0 Å². The van der Waals surface area contributed by atoms with E-state index in [1.807, 2.05) is 44.2 Å². The van der Waals surface area contributed by atoms with E-state index in [-0.39, 0.29) is 33.1 Å². The summed E-state index contributed by atoms with van der Waals surface area (Å²) >= 11 is 12.4. The van der Waals surface area contributed by atoms with E-state index in [4.69, 9.17) is 23.2 Å². The van der Waals surface area contributed by atoms with Crippen molar-refractivity contribution in [2.24, 2.45) is 0 Å². The molecule has 0 spiro atoms. The van der Waals surface area contributed by atoms with Crippen molar-refractivity contribution < 1.29 is 18.0 Å². The first-order valence-electron chi connectivity index (χ1n) is 12.7. The van der Waals surface area contributed by atoms with Gasteiger partial charge in [0.1, 0.15) is 12.6 Å². The van der Waals surface area contributed by atoms with Crippen LogP contribution in [0.15, 0.2) is 77.7 Å². The molecule has 0 aliphatic rings. The average molecular weight is 591 g/mol. The Morgan fingerprint density at radius 2 is 1.56 bits per heavy atom. The van der Waals surface area contributed by atoms with E-state index in [1.165, 1.54) is 35.2 Å². The molecule has 0 saturated heterocycles. The van der Waals surface area contributed by atoms with Crippen molar-refractivity contribution in [2.75, 3.05) is 23.9 Å². The molecule has 0 heterocycles. The van der Waals surface area contributed by atoms with Crippen molar-refractivity contribution in [3.63, 3.8) is 0 Å². The van der Waals surface area contributed by atoms with Gasteiger partial charge in [0, 0.05) is 23.1 Å². The van der Waals surface area contributed by atoms with Gasteiger partial charge in [-0.15, -0.1) is 0 Å². The van der Waals surface area contributed by atoms with Crippen LogP contribution in [0.1, 0.15) is 31.4 Å². The number of nitrogens with one attached hydrogen (secondary N) is 1. The van der Waals surface area contributed by atoms with E-state index in [0.29, 0.717) is 13.0 Å². The van der Waals surface area contributed by atoms with Crippen molar-refractivity contribution in [1.82, 2.24) is 10.2 Å². The van der Waals surface area contributed by atoms with Gasteiger partial charge in [-0.05, 0) is 62.6 Å². The van der Waals surface area contributed by atoms with Gasteiger partial charge < -0.3 is 10.2 Å². The molecule has 3 aromatic carbocycles. The van der Waals surface area contributed by atoms with Gasteiger partial charge in [0.25, 0.3) is 10.0 Å². The maximum Gasteiger partial charge on any atom is 0.264 e. The number of hydrogen-bond acceptors (Lipinski definition) is 4. The third-order valence-electron chi connectivity index (χ3n) is 6.22. The van der Waals surface area contributed by atoms with Crippen LogP contribution in [-0.2, 0) is 26.0 Å². The third kappa shape index (κ3) is 8.21. The smallest absolute Gasteiger partial charge is 0.264 e. The van der Waals surface area contributed by atoms with Crippen LogP contribution in [-0.4, -0.2) is 50.8 Å². The van der Waals surface area contributed by atoms with E-state index in [0.717, 1.165) is 21.9 Å². The highest BCUT2D eigenvalue weighted by molar-refractivity contribution is 7.92. The molecule has 1 N–H and O–H groups in total. The highest BCUT2D eigenvalue weighted by Crippen LogP contribution is 2.30. The Labute approximate surface area is 240 Å². The molecular weight excluding hydrogens is 557 g/mol. The average Bonchev–Trinajstić information content (AvgIpc) is 2.90. The number of hydrogen-bond donors (Lipinski definition) is 1. The Balaban J connectivity index is 2.00. The number of amides is 2. The van der Waals surface area contributed by atoms with Gasteiger partial charge in [-0.3, -0.25) is 13.9 Å². The van der Waals surface area contributed by atoms with Crippen molar-refractivity contribution in [3.8, 4) is 0 Å². The quantitative estimate of drug-likeness (QED) is 0.303. The summed E-state index contributed by atoms with van der Waals surface area (Å²) in [6, 6.07) is 19.5. The summed E-state index contributed by atoms with van der Waals surface area (Å²) in [4.78, 5) is 28.2. The van der Waals surface area contributed by atoms with Crippen LogP contribution < -0.4 is 9.62 Å². The van der Waals surface area contributed by atoms with Gasteiger partial charge >= 0.3 is 0 Å². The lowest BCUT2D eigenvalue weighted by atomic mass is 10.1. The molecule has 7 nitrogen and oxygen atoms in total. The fourth-order valence-corrected chi connectivity index (χ4v) is 5.93. The predicted molar refractivity (Wildman–Crippen MR) is 157 cm³/mol. The molecule has 10 heteroatoms. The molecule has 0 radical (unpaired) electrons. The van der Waals surface area contributed by atoms with Gasteiger partial charge in [-0.1, -0.05) is 78.2 Å². The van der Waals surface area contributed by atoms with Gasteiger partial charge in [-0.2, -0.15) is 0 Å². The number of halogens is 2. The molecule has 3 rings (SSSR count). The largest absolute Gasteiger partial charge is 0.354 e. The van der Waals surface area contributed by atoms with Crippen LogP contribution in [0.3, 0.4) is 0 Å². The number of rotatable bonds is 12. The number of carbonyl (C=O) groups is 2. The zero-order valence-corrected chi connectivity index (χ0v) is 24.6. The normalized spacial score (nSPS) is 12.0. The Morgan fingerprint density at radius 3 is 2.15 bits per heavy atom. The third-order valence-corrected chi connectivity index (χ3v) is 8.45. The van der Waals surface area contributed by atoms with Crippen molar-refractivity contribution in [1.29, 1.82) is 0 Å². The van der Waals surface area contributed by atoms with Crippen LogP contribution in [0, 0.1) is 6.92 Å². The lowest BCUT2D eigenvalue weighted by Gasteiger charge is -2.32.